The van der Waals surface area contributed by atoms with Crippen molar-refractivity contribution < 1.29 is 19.1 Å². The summed E-state index contributed by atoms with van der Waals surface area (Å²) in [4.78, 5) is 36.8. The Morgan fingerprint density at radius 1 is 1.12 bits per heavy atom. The molecule has 2 aliphatic rings. The Kier molecular flexibility index (Phi) is 4.69. The molecule has 5 heteroatoms. The average molecular weight is 329 g/mol. The van der Waals surface area contributed by atoms with E-state index in [2.05, 4.69) is 5.32 Å². The number of Topliss-reactive ketones (excluding diaryl/α,β-unsaturated/α-hetero) is 1. The average Bonchev–Trinajstić information content (AvgIpc) is 2.80. The standard InChI is InChI=1S/C19H23NO4/c1-11-3-5-12(6-4-11)16(19(23)24-2)20-18(22)15-9-13-7-8-14(10-15)17(13)21/h3-6,13-16H,7-10H2,1-2H3,(H,20,22)/t13-,14+,15?,16-/m0/s1. The van der Waals surface area contributed by atoms with Crippen LogP contribution in [0.15, 0.2) is 24.3 Å². The van der Waals surface area contributed by atoms with Gasteiger partial charge in [0, 0.05) is 17.8 Å². The predicted octanol–water partition coefficient (Wildman–Crippen LogP) is 2.33. The lowest BCUT2D eigenvalue weighted by Crippen LogP contribution is -2.41. The molecule has 1 unspecified atom stereocenters. The Morgan fingerprint density at radius 2 is 1.71 bits per heavy atom. The molecule has 128 valence electrons. The number of amides is 1. The smallest absolute Gasteiger partial charge is 0.333 e. The van der Waals surface area contributed by atoms with Crippen LogP contribution < -0.4 is 5.32 Å². The zero-order valence-corrected chi connectivity index (χ0v) is 14.1. The quantitative estimate of drug-likeness (QED) is 0.861. The van der Waals surface area contributed by atoms with E-state index >= 15 is 0 Å². The number of benzene rings is 1. The second-order valence-corrected chi connectivity index (χ2v) is 6.92. The molecular formula is C19H23NO4. The summed E-state index contributed by atoms with van der Waals surface area (Å²) in [5, 5.41) is 2.83. The molecule has 4 atom stereocenters. The fraction of sp³-hybridized carbons (Fsp3) is 0.526. The largest absolute Gasteiger partial charge is 0.467 e. The monoisotopic (exact) mass is 329 g/mol. The lowest BCUT2D eigenvalue weighted by molar-refractivity contribution is -0.146. The van der Waals surface area contributed by atoms with Crippen molar-refractivity contribution in [2.75, 3.05) is 7.11 Å². The Hall–Kier alpha value is -2.17. The Labute approximate surface area is 141 Å². The Morgan fingerprint density at radius 3 is 2.25 bits per heavy atom. The fourth-order valence-electron chi connectivity index (χ4n) is 3.90. The van der Waals surface area contributed by atoms with Crippen LogP contribution in [0.2, 0.25) is 0 Å². The zero-order valence-electron chi connectivity index (χ0n) is 14.1. The van der Waals surface area contributed by atoms with Crippen LogP contribution in [0.4, 0.5) is 0 Å². The van der Waals surface area contributed by atoms with Gasteiger partial charge in [0.05, 0.1) is 7.11 Å². The molecule has 0 heterocycles. The van der Waals surface area contributed by atoms with Crippen LogP contribution in [0.1, 0.15) is 42.9 Å². The van der Waals surface area contributed by atoms with Crippen molar-refractivity contribution in [2.24, 2.45) is 17.8 Å². The first-order valence-corrected chi connectivity index (χ1v) is 8.48. The first-order chi connectivity index (χ1) is 11.5. The van der Waals surface area contributed by atoms with Crippen molar-refractivity contribution >= 4 is 17.7 Å². The number of methoxy groups -OCH3 is 1. The summed E-state index contributed by atoms with van der Waals surface area (Å²) in [6.45, 7) is 1.96. The molecule has 1 aromatic rings. The lowest BCUT2D eigenvalue weighted by atomic mass is 9.79. The first kappa shape index (κ1) is 16.7. The fourth-order valence-corrected chi connectivity index (χ4v) is 3.90. The highest BCUT2D eigenvalue weighted by Crippen LogP contribution is 2.42. The number of fused-ring (bicyclic) bond motifs is 2. The van der Waals surface area contributed by atoms with E-state index in [1.165, 1.54) is 7.11 Å². The van der Waals surface area contributed by atoms with Gasteiger partial charge in [-0.05, 0) is 38.2 Å². The molecule has 2 fully saturated rings. The van der Waals surface area contributed by atoms with Crippen molar-refractivity contribution in [3.05, 3.63) is 35.4 Å². The normalized spacial score (nSPS) is 26.8. The van der Waals surface area contributed by atoms with Crippen LogP contribution in [-0.2, 0) is 19.1 Å². The van der Waals surface area contributed by atoms with Gasteiger partial charge < -0.3 is 10.1 Å². The minimum absolute atomic E-state index is 0.0236. The highest BCUT2D eigenvalue weighted by atomic mass is 16.5. The Bertz CT molecular complexity index is 636. The molecule has 2 bridgehead atoms. The number of hydrogen-bond donors (Lipinski definition) is 1. The molecule has 0 radical (unpaired) electrons. The van der Waals surface area contributed by atoms with Gasteiger partial charge in [0.25, 0.3) is 0 Å². The molecule has 2 saturated carbocycles. The number of ether oxygens (including phenoxy) is 1. The molecule has 24 heavy (non-hydrogen) atoms. The van der Waals surface area contributed by atoms with Crippen LogP contribution >= 0.6 is 0 Å². The molecule has 3 rings (SSSR count). The summed E-state index contributed by atoms with van der Waals surface area (Å²) in [5.74, 6) is -0.469. The summed E-state index contributed by atoms with van der Waals surface area (Å²) >= 11 is 0. The van der Waals surface area contributed by atoms with E-state index in [0.717, 1.165) is 18.4 Å². The number of ketones is 1. The van der Waals surface area contributed by atoms with Gasteiger partial charge in [-0.3, -0.25) is 9.59 Å². The maximum atomic E-state index is 12.7. The molecule has 0 aliphatic heterocycles. The minimum atomic E-state index is -0.807. The third-order valence-electron chi connectivity index (χ3n) is 5.31. The van der Waals surface area contributed by atoms with E-state index in [0.29, 0.717) is 24.2 Å². The van der Waals surface area contributed by atoms with Gasteiger partial charge in [0.1, 0.15) is 5.78 Å². The molecule has 1 aromatic carbocycles. The van der Waals surface area contributed by atoms with Crippen LogP contribution in [0, 0.1) is 24.7 Å². The molecule has 0 spiro atoms. The minimum Gasteiger partial charge on any atom is -0.467 e. The van der Waals surface area contributed by atoms with E-state index in [-0.39, 0.29) is 23.7 Å². The van der Waals surface area contributed by atoms with Crippen molar-refractivity contribution in [2.45, 2.75) is 38.6 Å². The van der Waals surface area contributed by atoms with Crippen molar-refractivity contribution in [3.8, 4) is 0 Å². The molecule has 2 aliphatic carbocycles. The molecule has 1 N–H and O–H groups in total. The maximum Gasteiger partial charge on any atom is 0.333 e. The Balaban J connectivity index is 1.73. The lowest BCUT2D eigenvalue weighted by Gasteiger charge is -2.27. The topological polar surface area (TPSA) is 72.5 Å². The zero-order chi connectivity index (χ0) is 17.3. The molecule has 1 amide bonds. The SMILES string of the molecule is COC(=O)[C@@H](NC(=O)C1C[C@H]2CC[C@@H](C1)C2=O)c1ccc(C)cc1. The summed E-state index contributed by atoms with van der Waals surface area (Å²) in [5.41, 5.74) is 1.78. The third-order valence-corrected chi connectivity index (χ3v) is 5.31. The van der Waals surface area contributed by atoms with Gasteiger partial charge >= 0.3 is 5.97 Å². The highest BCUT2D eigenvalue weighted by Gasteiger charge is 2.44. The van der Waals surface area contributed by atoms with E-state index in [9.17, 15) is 14.4 Å². The molecule has 0 aromatic heterocycles. The van der Waals surface area contributed by atoms with E-state index < -0.39 is 12.0 Å². The van der Waals surface area contributed by atoms with E-state index in [4.69, 9.17) is 4.74 Å². The van der Waals surface area contributed by atoms with Crippen LogP contribution in [-0.4, -0.2) is 24.8 Å². The van der Waals surface area contributed by atoms with Crippen LogP contribution in [0.25, 0.3) is 0 Å². The number of carbonyl (C=O) groups excluding carboxylic acids is 3. The first-order valence-electron chi connectivity index (χ1n) is 8.48. The maximum absolute atomic E-state index is 12.7. The van der Waals surface area contributed by atoms with Gasteiger partial charge in [-0.15, -0.1) is 0 Å². The molecule has 0 saturated heterocycles. The summed E-state index contributed by atoms with van der Waals surface area (Å²) in [6.07, 6.45) is 2.99. The van der Waals surface area contributed by atoms with E-state index in [1.807, 2.05) is 31.2 Å². The molecular weight excluding hydrogens is 306 g/mol. The highest BCUT2D eigenvalue weighted by molar-refractivity contribution is 5.91. The van der Waals surface area contributed by atoms with Crippen molar-refractivity contribution in [3.63, 3.8) is 0 Å². The third kappa shape index (κ3) is 3.21. The van der Waals surface area contributed by atoms with Gasteiger partial charge in [-0.1, -0.05) is 29.8 Å². The number of carbonyl (C=O) groups is 3. The van der Waals surface area contributed by atoms with E-state index in [1.54, 1.807) is 0 Å². The van der Waals surface area contributed by atoms with Gasteiger partial charge in [0.2, 0.25) is 5.91 Å². The van der Waals surface area contributed by atoms with Gasteiger partial charge in [-0.25, -0.2) is 4.79 Å². The number of nitrogens with one attached hydrogen (secondary N) is 1. The molecule has 5 nitrogen and oxygen atoms in total. The van der Waals surface area contributed by atoms with Crippen LogP contribution in [0.5, 0.6) is 0 Å². The number of rotatable bonds is 4. The number of esters is 1. The van der Waals surface area contributed by atoms with Gasteiger partial charge in [0.15, 0.2) is 6.04 Å². The summed E-state index contributed by atoms with van der Waals surface area (Å²) in [6, 6.07) is 6.64. The summed E-state index contributed by atoms with van der Waals surface area (Å²) in [7, 11) is 1.31. The number of aryl methyl sites for hydroxylation is 1. The van der Waals surface area contributed by atoms with Crippen molar-refractivity contribution in [1.82, 2.24) is 5.32 Å². The second kappa shape index (κ2) is 6.75. The van der Waals surface area contributed by atoms with Gasteiger partial charge in [-0.2, -0.15) is 0 Å². The van der Waals surface area contributed by atoms with Crippen LogP contribution in [0.3, 0.4) is 0 Å². The van der Waals surface area contributed by atoms with Crippen molar-refractivity contribution in [1.29, 1.82) is 0 Å². The number of hydrogen-bond acceptors (Lipinski definition) is 4. The second-order valence-electron chi connectivity index (χ2n) is 6.92. The predicted molar refractivity (Wildman–Crippen MR) is 88.0 cm³/mol. The summed E-state index contributed by atoms with van der Waals surface area (Å²) < 4.78 is 4.85.